The first-order chi connectivity index (χ1) is 14.3. The predicted molar refractivity (Wildman–Crippen MR) is 131 cm³/mol. The van der Waals surface area contributed by atoms with Crippen LogP contribution in [0.3, 0.4) is 0 Å². The van der Waals surface area contributed by atoms with Gasteiger partial charge in [0.05, 0.1) is 5.25 Å². The molecule has 3 rings (SSSR count). The van der Waals surface area contributed by atoms with Gasteiger partial charge in [0, 0.05) is 6.54 Å². The van der Waals surface area contributed by atoms with Gasteiger partial charge in [-0.15, -0.1) is 0 Å². The Kier molecular flexibility index (Phi) is 10.4. The number of hydrogen-bond donors (Lipinski definition) is 2. The van der Waals surface area contributed by atoms with Crippen LogP contribution in [0.15, 0.2) is 48.5 Å². The number of nitrogens with two attached hydrogens (primary N) is 1. The third-order valence-corrected chi connectivity index (χ3v) is 7.40. The summed E-state index contributed by atoms with van der Waals surface area (Å²) in [6, 6.07) is 18.3. The Morgan fingerprint density at radius 3 is 1.93 bits per heavy atom. The van der Waals surface area contributed by atoms with Crippen LogP contribution in [0.1, 0.15) is 63.0 Å². The molecule has 1 aliphatic carbocycles. The summed E-state index contributed by atoms with van der Waals surface area (Å²) in [4.78, 5) is 0. The van der Waals surface area contributed by atoms with Crippen molar-refractivity contribution in [1.82, 2.24) is 4.72 Å². The lowest BCUT2D eigenvalue weighted by atomic mass is 9.84. The van der Waals surface area contributed by atoms with E-state index in [-0.39, 0.29) is 0 Å². The Morgan fingerprint density at radius 1 is 0.967 bits per heavy atom. The molecule has 1 fully saturated rings. The zero-order valence-electron chi connectivity index (χ0n) is 18.4. The molecule has 1 aliphatic rings. The SMILES string of the molecule is CC(C)S(N)(=O)=O.CSNCCc1ccc(-c2ccc(C3CCCCC3)cc2)cc1. The highest BCUT2D eigenvalue weighted by Crippen LogP contribution is 2.33. The van der Waals surface area contributed by atoms with Crippen LogP contribution in [-0.4, -0.2) is 26.5 Å². The first-order valence-corrected chi connectivity index (χ1v) is 13.6. The molecule has 0 radical (unpaired) electrons. The van der Waals surface area contributed by atoms with E-state index in [1.165, 1.54) is 68.2 Å². The van der Waals surface area contributed by atoms with Crippen molar-refractivity contribution in [2.45, 2.75) is 63.5 Å². The van der Waals surface area contributed by atoms with E-state index in [1.807, 2.05) is 0 Å². The molecule has 0 heterocycles. The molecule has 3 N–H and O–H groups in total. The van der Waals surface area contributed by atoms with Crippen LogP contribution in [0.5, 0.6) is 0 Å². The minimum Gasteiger partial charge on any atom is -0.264 e. The van der Waals surface area contributed by atoms with Gasteiger partial charge in [-0.1, -0.05) is 79.7 Å². The number of rotatable bonds is 7. The minimum atomic E-state index is -3.24. The van der Waals surface area contributed by atoms with Gasteiger partial charge in [0.2, 0.25) is 10.0 Å². The number of sulfonamides is 1. The van der Waals surface area contributed by atoms with E-state index < -0.39 is 15.3 Å². The zero-order valence-corrected chi connectivity index (χ0v) is 20.1. The highest BCUT2D eigenvalue weighted by Gasteiger charge is 2.15. The monoisotopic (exact) mass is 448 g/mol. The third kappa shape index (κ3) is 8.42. The van der Waals surface area contributed by atoms with E-state index in [1.54, 1.807) is 11.9 Å². The largest absolute Gasteiger partial charge is 0.264 e. The highest BCUT2D eigenvalue weighted by atomic mass is 32.2. The van der Waals surface area contributed by atoms with Crippen molar-refractivity contribution in [2.24, 2.45) is 5.14 Å². The van der Waals surface area contributed by atoms with Gasteiger partial charge in [-0.2, -0.15) is 0 Å². The van der Waals surface area contributed by atoms with Crippen LogP contribution >= 0.6 is 11.9 Å². The Hall–Kier alpha value is -1.34. The number of primary sulfonamides is 1. The summed E-state index contributed by atoms with van der Waals surface area (Å²) in [5.41, 5.74) is 5.59. The standard InChI is InChI=1S/C21H27NS.C3H9NO2S/c1-23-22-16-15-17-7-9-19(10-8-17)21-13-11-20(12-14-21)18-5-3-2-4-6-18;1-3(2)7(4,5)6/h7-14,18,22H,2-6,15-16H2,1H3;3H,1-2H3,(H2,4,5,6). The summed E-state index contributed by atoms with van der Waals surface area (Å²) < 4.78 is 23.5. The van der Waals surface area contributed by atoms with Crippen LogP contribution in [0, 0.1) is 0 Å². The predicted octanol–water partition coefficient (Wildman–Crippen LogP) is 5.49. The first kappa shape index (κ1) is 24.9. The van der Waals surface area contributed by atoms with Crippen LogP contribution in [-0.2, 0) is 16.4 Å². The highest BCUT2D eigenvalue weighted by molar-refractivity contribution is 7.96. The Balaban J connectivity index is 0.000000396. The Morgan fingerprint density at radius 2 is 1.47 bits per heavy atom. The first-order valence-electron chi connectivity index (χ1n) is 10.8. The number of nitrogens with one attached hydrogen (secondary N) is 1. The van der Waals surface area contributed by atoms with E-state index in [4.69, 9.17) is 0 Å². The van der Waals surface area contributed by atoms with E-state index in [2.05, 4.69) is 64.6 Å². The van der Waals surface area contributed by atoms with Crippen molar-refractivity contribution in [2.75, 3.05) is 12.8 Å². The molecular formula is C24H36N2O2S2. The summed E-state index contributed by atoms with van der Waals surface area (Å²) in [6.45, 7) is 4.10. The summed E-state index contributed by atoms with van der Waals surface area (Å²) >= 11 is 1.68. The molecule has 4 nitrogen and oxygen atoms in total. The van der Waals surface area contributed by atoms with E-state index in [0.29, 0.717) is 0 Å². The van der Waals surface area contributed by atoms with Crippen LogP contribution in [0.4, 0.5) is 0 Å². The lowest BCUT2D eigenvalue weighted by Gasteiger charge is -2.22. The molecular weight excluding hydrogens is 412 g/mol. The van der Waals surface area contributed by atoms with Gasteiger partial charge >= 0.3 is 0 Å². The maximum atomic E-state index is 10.1. The van der Waals surface area contributed by atoms with E-state index in [0.717, 1.165) is 18.9 Å². The van der Waals surface area contributed by atoms with Gasteiger partial charge in [-0.3, -0.25) is 4.72 Å². The Bertz CT molecular complexity index is 842. The van der Waals surface area contributed by atoms with Gasteiger partial charge < -0.3 is 0 Å². The lowest BCUT2D eigenvalue weighted by molar-refractivity contribution is 0.443. The fourth-order valence-corrected chi connectivity index (χ4v) is 3.85. The topological polar surface area (TPSA) is 72.2 Å². The second kappa shape index (κ2) is 12.5. The van der Waals surface area contributed by atoms with Crippen LogP contribution < -0.4 is 9.86 Å². The molecule has 6 heteroatoms. The molecule has 166 valence electrons. The quantitative estimate of drug-likeness (QED) is 0.434. The van der Waals surface area contributed by atoms with Gasteiger partial charge in [0.25, 0.3) is 0 Å². The molecule has 1 saturated carbocycles. The van der Waals surface area contributed by atoms with Crippen molar-refractivity contribution in [3.63, 3.8) is 0 Å². The minimum absolute atomic E-state index is 0.451. The average molecular weight is 449 g/mol. The Labute approximate surface area is 187 Å². The summed E-state index contributed by atoms with van der Waals surface area (Å²) in [5.74, 6) is 0.795. The molecule has 0 bridgehead atoms. The zero-order chi connectivity index (χ0) is 22.0. The maximum absolute atomic E-state index is 10.1. The fourth-order valence-electron chi connectivity index (χ4n) is 3.54. The van der Waals surface area contributed by atoms with Crippen molar-refractivity contribution in [1.29, 1.82) is 0 Å². The molecule has 0 saturated heterocycles. The normalized spacial score (nSPS) is 15.0. The third-order valence-electron chi connectivity index (χ3n) is 5.59. The molecule has 30 heavy (non-hydrogen) atoms. The van der Waals surface area contributed by atoms with E-state index in [9.17, 15) is 8.42 Å². The lowest BCUT2D eigenvalue weighted by Crippen LogP contribution is -2.22. The van der Waals surface area contributed by atoms with E-state index >= 15 is 0 Å². The number of hydrogen-bond acceptors (Lipinski definition) is 4. The fraction of sp³-hybridized carbons (Fsp3) is 0.500. The van der Waals surface area contributed by atoms with Crippen molar-refractivity contribution >= 4 is 22.0 Å². The van der Waals surface area contributed by atoms with Crippen LogP contribution in [0.25, 0.3) is 11.1 Å². The molecule has 0 aliphatic heterocycles. The second-order valence-electron chi connectivity index (χ2n) is 8.14. The smallest absolute Gasteiger partial charge is 0.211 e. The maximum Gasteiger partial charge on any atom is 0.211 e. The molecule has 0 amide bonds. The second-order valence-corrected chi connectivity index (χ2v) is 11.0. The average Bonchev–Trinajstić information content (AvgIpc) is 2.75. The van der Waals surface area contributed by atoms with Gasteiger partial charge in [0.15, 0.2) is 0 Å². The molecule has 0 aromatic heterocycles. The van der Waals surface area contributed by atoms with Crippen molar-refractivity contribution < 1.29 is 8.42 Å². The van der Waals surface area contributed by atoms with Crippen LogP contribution in [0.2, 0.25) is 0 Å². The summed E-state index contributed by atoms with van der Waals surface area (Å²) in [7, 11) is -3.24. The molecule has 2 aromatic carbocycles. The van der Waals surface area contributed by atoms with Crippen molar-refractivity contribution in [3.05, 3.63) is 59.7 Å². The summed E-state index contributed by atoms with van der Waals surface area (Å²) in [6.07, 6.45) is 10.1. The summed E-state index contributed by atoms with van der Waals surface area (Å²) in [5, 5.41) is 4.20. The van der Waals surface area contributed by atoms with Gasteiger partial charge in [-0.25, -0.2) is 13.6 Å². The van der Waals surface area contributed by atoms with Gasteiger partial charge in [0.1, 0.15) is 0 Å². The molecule has 0 spiro atoms. The molecule has 2 aromatic rings. The number of benzene rings is 2. The van der Waals surface area contributed by atoms with Crippen molar-refractivity contribution in [3.8, 4) is 11.1 Å². The molecule has 0 atom stereocenters. The molecule has 0 unspecified atom stereocenters. The van der Waals surface area contributed by atoms with Gasteiger partial charge in [-0.05, 0) is 67.5 Å².